The highest BCUT2D eigenvalue weighted by Crippen LogP contribution is 2.30. The molecule has 0 aromatic carbocycles. The minimum atomic E-state index is -0.829. The standard InChI is InChI=1S/C15H26N2O3/c1-11(2)6-5-7-12(3)16-14(20)17-9-8-15(4,10-17)13(18)19/h6,12H,5,7-10H2,1-4H3,(H,16,20)(H,18,19). The predicted molar refractivity (Wildman–Crippen MR) is 78.6 cm³/mol. The van der Waals surface area contributed by atoms with E-state index in [2.05, 4.69) is 25.2 Å². The van der Waals surface area contributed by atoms with E-state index in [1.807, 2.05) is 6.92 Å². The maximum absolute atomic E-state index is 12.1. The van der Waals surface area contributed by atoms with Crippen LogP contribution in [0.4, 0.5) is 4.79 Å². The zero-order valence-corrected chi connectivity index (χ0v) is 12.9. The zero-order chi connectivity index (χ0) is 15.3. The Morgan fingerprint density at radius 2 is 2.10 bits per heavy atom. The smallest absolute Gasteiger partial charge is 0.317 e. The Kier molecular flexibility index (Phi) is 5.60. The van der Waals surface area contributed by atoms with E-state index in [1.54, 1.807) is 11.8 Å². The monoisotopic (exact) mass is 282 g/mol. The van der Waals surface area contributed by atoms with Crippen molar-refractivity contribution < 1.29 is 14.7 Å². The number of carbonyl (C=O) groups is 2. The van der Waals surface area contributed by atoms with Gasteiger partial charge in [-0.05, 0) is 47.0 Å². The van der Waals surface area contributed by atoms with Gasteiger partial charge in [0.2, 0.25) is 0 Å². The van der Waals surface area contributed by atoms with Crippen molar-refractivity contribution in [3.8, 4) is 0 Å². The van der Waals surface area contributed by atoms with Crippen molar-refractivity contribution in [2.45, 2.75) is 53.0 Å². The molecule has 2 unspecified atom stereocenters. The maximum Gasteiger partial charge on any atom is 0.317 e. The Bertz CT molecular complexity index is 402. The summed E-state index contributed by atoms with van der Waals surface area (Å²) < 4.78 is 0. The lowest BCUT2D eigenvalue weighted by atomic mass is 9.90. The summed E-state index contributed by atoms with van der Waals surface area (Å²) in [5.41, 5.74) is 0.475. The van der Waals surface area contributed by atoms with Crippen LogP contribution in [0.15, 0.2) is 11.6 Å². The number of carboxylic acids is 1. The zero-order valence-electron chi connectivity index (χ0n) is 12.9. The lowest BCUT2D eigenvalue weighted by Gasteiger charge is -2.22. The molecule has 1 fully saturated rings. The predicted octanol–water partition coefficient (Wildman–Crippen LogP) is 2.63. The van der Waals surface area contributed by atoms with Crippen molar-refractivity contribution in [2.24, 2.45) is 5.41 Å². The number of hydrogen-bond acceptors (Lipinski definition) is 2. The average Bonchev–Trinajstić information content (AvgIpc) is 2.73. The van der Waals surface area contributed by atoms with Gasteiger partial charge in [0, 0.05) is 19.1 Å². The fraction of sp³-hybridized carbons (Fsp3) is 0.733. The van der Waals surface area contributed by atoms with Gasteiger partial charge in [-0.1, -0.05) is 11.6 Å². The summed E-state index contributed by atoms with van der Waals surface area (Å²) in [4.78, 5) is 24.8. The van der Waals surface area contributed by atoms with Gasteiger partial charge in [-0.3, -0.25) is 4.79 Å². The fourth-order valence-electron chi connectivity index (χ4n) is 2.31. The molecule has 1 aliphatic heterocycles. The molecule has 1 aliphatic rings. The molecule has 0 aromatic heterocycles. The molecule has 1 heterocycles. The second-order valence-electron chi connectivity index (χ2n) is 6.25. The van der Waals surface area contributed by atoms with Crippen LogP contribution in [0.3, 0.4) is 0 Å². The molecule has 20 heavy (non-hydrogen) atoms. The summed E-state index contributed by atoms with van der Waals surface area (Å²) in [7, 11) is 0. The molecule has 1 saturated heterocycles. The van der Waals surface area contributed by atoms with Crippen molar-refractivity contribution in [3.63, 3.8) is 0 Å². The number of rotatable bonds is 5. The summed E-state index contributed by atoms with van der Waals surface area (Å²) in [5.74, 6) is -0.829. The maximum atomic E-state index is 12.1. The summed E-state index contributed by atoms with van der Waals surface area (Å²) in [6, 6.07) is -0.0607. The van der Waals surface area contributed by atoms with Gasteiger partial charge in [-0.2, -0.15) is 0 Å². The third-order valence-corrected chi connectivity index (χ3v) is 3.80. The summed E-state index contributed by atoms with van der Waals surface area (Å²) in [5, 5.41) is 12.1. The Hall–Kier alpha value is -1.52. The van der Waals surface area contributed by atoms with Crippen LogP contribution in [-0.4, -0.2) is 41.1 Å². The highest BCUT2D eigenvalue weighted by atomic mass is 16.4. The van der Waals surface area contributed by atoms with E-state index in [0.717, 1.165) is 12.8 Å². The SMILES string of the molecule is CC(C)=CCCC(C)NC(=O)N1CCC(C)(C(=O)O)C1. The van der Waals surface area contributed by atoms with Gasteiger partial charge in [-0.25, -0.2) is 4.79 Å². The number of carbonyl (C=O) groups excluding carboxylic acids is 1. The van der Waals surface area contributed by atoms with E-state index in [4.69, 9.17) is 5.11 Å². The molecule has 0 bridgehead atoms. The molecular formula is C15H26N2O3. The Morgan fingerprint density at radius 3 is 2.60 bits per heavy atom. The van der Waals surface area contributed by atoms with Gasteiger partial charge in [-0.15, -0.1) is 0 Å². The highest BCUT2D eigenvalue weighted by molar-refractivity contribution is 5.79. The number of hydrogen-bond donors (Lipinski definition) is 2. The number of amides is 2. The lowest BCUT2D eigenvalue weighted by Crippen LogP contribution is -2.44. The van der Waals surface area contributed by atoms with Crippen molar-refractivity contribution >= 4 is 12.0 Å². The Balaban J connectivity index is 2.40. The van der Waals surface area contributed by atoms with E-state index >= 15 is 0 Å². The number of nitrogens with zero attached hydrogens (tertiary/aromatic N) is 1. The molecule has 2 amide bonds. The first kappa shape index (κ1) is 16.5. The topological polar surface area (TPSA) is 69.6 Å². The van der Waals surface area contributed by atoms with Crippen LogP contribution in [0.5, 0.6) is 0 Å². The quantitative estimate of drug-likeness (QED) is 0.762. The van der Waals surface area contributed by atoms with Crippen LogP contribution in [0.2, 0.25) is 0 Å². The van der Waals surface area contributed by atoms with E-state index in [9.17, 15) is 9.59 Å². The molecule has 0 spiro atoms. The highest BCUT2D eigenvalue weighted by Gasteiger charge is 2.42. The molecule has 5 heteroatoms. The van der Waals surface area contributed by atoms with Crippen LogP contribution in [0.1, 0.15) is 47.0 Å². The molecule has 2 atom stereocenters. The van der Waals surface area contributed by atoms with Crippen LogP contribution < -0.4 is 5.32 Å². The van der Waals surface area contributed by atoms with Gasteiger partial charge in [0.25, 0.3) is 0 Å². The number of aliphatic carboxylic acids is 1. The lowest BCUT2D eigenvalue weighted by molar-refractivity contribution is -0.146. The first-order valence-corrected chi connectivity index (χ1v) is 7.17. The summed E-state index contributed by atoms with van der Waals surface area (Å²) in [6.07, 6.45) is 4.50. The normalized spacial score (nSPS) is 23.3. The Labute approximate surface area is 121 Å². The fourth-order valence-corrected chi connectivity index (χ4v) is 2.31. The van der Waals surface area contributed by atoms with E-state index < -0.39 is 11.4 Å². The minimum absolute atomic E-state index is 0.0924. The van der Waals surface area contributed by atoms with E-state index in [1.165, 1.54) is 5.57 Å². The molecule has 2 N–H and O–H groups in total. The number of nitrogens with one attached hydrogen (secondary N) is 1. The van der Waals surface area contributed by atoms with Gasteiger partial charge >= 0.3 is 12.0 Å². The molecule has 114 valence electrons. The van der Waals surface area contributed by atoms with Crippen LogP contribution in [0, 0.1) is 5.41 Å². The third kappa shape index (κ3) is 4.54. The first-order chi connectivity index (χ1) is 9.24. The van der Waals surface area contributed by atoms with Crippen LogP contribution in [0.25, 0.3) is 0 Å². The number of urea groups is 1. The molecule has 5 nitrogen and oxygen atoms in total. The largest absolute Gasteiger partial charge is 0.481 e. The van der Waals surface area contributed by atoms with Crippen molar-refractivity contribution in [1.29, 1.82) is 0 Å². The molecule has 0 aliphatic carbocycles. The molecule has 0 radical (unpaired) electrons. The second-order valence-corrected chi connectivity index (χ2v) is 6.25. The van der Waals surface area contributed by atoms with Gasteiger partial charge in [0.1, 0.15) is 0 Å². The van der Waals surface area contributed by atoms with E-state index in [-0.39, 0.29) is 18.6 Å². The van der Waals surface area contributed by atoms with Crippen molar-refractivity contribution in [3.05, 3.63) is 11.6 Å². The van der Waals surface area contributed by atoms with Gasteiger partial charge in [0.05, 0.1) is 5.41 Å². The molecule has 0 aromatic rings. The Morgan fingerprint density at radius 1 is 1.45 bits per heavy atom. The molecule has 0 saturated carbocycles. The first-order valence-electron chi connectivity index (χ1n) is 7.17. The third-order valence-electron chi connectivity index (χ3n) is 3.80. The van der Waals surface area contributed by atoms with Gasteiger partial charge < -0.3 is 15.3 Å². The van der Waals surface area contributed by atoms with Crippen molar-refractivity contribution in [1.82, 2.24) is 10.2 Å². The van der Waals surface area contributed by atoms with E-state index in [0.29, 0.717) is 13.0 Å². The number of carboxylic acid groups (broad SMARTS) is 1. The average molecular weight is 282 g/mol. The minimum Gasteiger partial charge on any atom is -0.481 e. The van der Waals surface area contributed by atoms with Crippen molar-refractivity contribution in [2.75, 3.05) is 13.1 Å². The second kappa shape index (κ2) is 6.77. The molecule has 1 rings (SSSR count). The van der Waals surface area contributed by atoms with Crippen LogP contribution >= 0.6 is 0 Å². The molecular weight excluding hydrogens is 256 g/mol. The number of allylic oxidation sites excluding steroid dienone is 2. The number of likely N-dealkylation sites (tertiary alicyclic amines) is 1. The summed E-state index contributed by atoms with van der Waals surface area (Å²) >= 11 is 0. The van der Waals surface area contributed by atoms with Crippen LogP contribution in [-0.2, 0) is 4.79 Å². The van der Waals surface area contributed by atoms with Gasteiger partial charge in [0.15, 0.2) is 0 Å². The summed E-state index contributed by atoms with van der Waals surface area (Å²) in [6.45, 7) is 8.58.